The van der Waals surface area contributed by atoms with Crippen LogP contribution < -0.4 is 31.1 Å². The van der Waals surface area contributed by atoms with Gasteiger partial charge in [-0.3, -0.25) is 0 Å². The summed E-state index contributed by atoms with van der Waals surface area (Å²) in [6, 6.07) is 58.4. The van der Waals surface area contributed by atoms with E-state index in [1.54, 1.807) is 16.6 Å². The van der Waals surface area contributed by atoms with E-state index in [2.05, 4.69) is 285 Å². The molecule has 4 heteroatoms. The first-order chi connectivity index (χ1) is 38.5. The van der Waals surface area contributed by atoms with Crippen molar-refractivity contribution < 1.29 is 0 Å². The van der Waals surface area contributed by atoms with Crippen molar-refractivity contribution in [2.75, 3.05) is 14.7 Å². The minimum atomic E-state index is -0.420. The summed E-state index contributed by atoms with van der Waals surface area (Å²) in [6.45, 7) is 43.7. The number of nitrogens with zero attached hydrogens (tertiary/aromatic N) is 3. The van der Waals surface area contributed by atoms with Crippen molar-refractivity contribution in [2.24, 2.45) is 0 Å². The summed E-state index contributed by atoms with van der Waals surface area (Å²) < 4.78 is 0. The highest BCUT2D eigenvalue weighted by atomic mass is 15.3. The highest BCUT2D eigenvalue weighted by molar-refractivity contribution is 7.01. The topological polar surface area (TPSA) is 9.72 Å². The molecule has 0 bridgehead atoms. The second-order valence-electron chi connectivity index (χ2n) is 31.5. The summed E-state index contributed by atoms with van der Waals surface area (Å²) in [5, 5.41) is 0. The average molecular weight is 1080 g/mol. The number of hydrogen-bond donors (Lipinski definition) is 0. The molecule has 3 atom stereocenters. The van der Waals surface area contributed by atoms with E-state index >= 15 is 0 Å². The van der Waals surface area contributed by atoms with Gasteiger partial charge in [0.15, 0.2) is 0 Å². The Morgan fingerprint density at radius 3 is 1.55 bits per heavy atom. The molecule has 3 unspecified atom stereocenters. The van der Waals surface area contributed by atoms with Crippen LogP contribution in [0.1, 0.15) is 200 Å². The van der Waals surface area contributed by atoms with E-state index in [-0.39, 0.29) is 44.7 Å². The molecule has 0 saturated heterocycles. The van der Waals surface area contributed by atoms with E-state index in [4.69, 9.17) is 0 Å². The highest BCUT2D eigenvalue weighted by Crippen LogP contribution is 2.67. The van der Waals surface area contributed by atoms with Gasteiger partial charge in [0.2, 0.25) is 0 Å². The van der Waals surface area contributed by atoms with Gasteiger partial charge >= 0.3 is 0 Å². The molecule has 6 aliphatic rings. The predicted octanol–water partition coefficient (Wildman–Crippen LogP) is 19.3. The molecule has 2 aliphatic carbocycles. The Labute approximate surface area is 492 Å². The van der Waals surface area contributed by atoms with Gasteiger partial charge in [-0.1, -0.05) is 215 Å². The van der Waals surface area contributed by atoms with E-state index in [0.717, 1.165) is 17.8 Å². The zero-order chi connectivity index (χ0) is 58.0. The SMILES string of the molecule is CC(C)(C)c1ccc(N(c2ccc(C(C)(C)C)cc2)c2cc3c4c(c2)N2c5c(cc(C(C)(C)C)c6c5B4c4c(ccc5c4C6(C)c4cc(C(C)(C)C)ccc4-5)N3c3ccc(C(C)(C)C)cc3-c3ccccc3)C3(C)CCCCC23C)cc1. The normalized spacial score (nSPS) is 20.9. The molecule has 14 rings (SSSR count). The van der Waals surface area contributed by atoms with Crippen LogP contribution >= 0.6 is 0 Å². The van der Waals surface area contributed by atoms with Gasteiger partial charge < -0.3 is 14.7 Å². The van der Waals surface area contributed by atoms with Crippen molar-refractivity contribution in [1.82, 2.24) is 0 Å². The van der Waals surface area contributed by atoms with Crippen molar-refractivity contribution in [2.45, 2.75) is 194 Å². The van der Waals surface area contributed by atoms with Gasteiger partial charge in [0.25, 0.3) is 6.71 Å². The summed E-state index contributed by atoms with van der Waals surface area (Å²) >= 11 is 0. The van der Waals surface area contributed by atoms with Gasteiger partial charge in [-0.25, -0.2) is 0 Å². The molecule has 0 spiro atoms. The molecule has 1 saturated carbocycles. The summed E-state index contributed by atoms with van der Waals surface area (Å²) in [6.07, 6.45) is 4.75. The smallest absolute Gasteiger partial charge is 0.253 e. The maximum absolute atomic E-state index is 3.00. The largest absolute Gasteiger partial charge is 0.335 e. The molecule has 82 heavy (non-hydrogen) atoms. The van der Waals surface area contributed by atoms with Crippen molar-refractivity contribution in [1.29, 1.82) is 0 Å². The number of rotatable bonds is 5. The van der Waals surface area contributed by atoms with E-state index < -0.39 is 5.41 Å². The lowest BCUT2D eigenvalue weighted by atomic mass is 9.28. The minimum absolute atomic E-state index is 0.0130. The molecule has 0 N–H and O–H groups in total. The first kappa shape index (κ1) is 53.2. The van der Waals surface area contributed by atoms with Crippen molar-refractivity contribution in [3.05, 3.63) is 196 Å². The fourth-order valence-corrected chi connectivity index (χ4v) is 16.5. The Morgan fingerprint density at radius 2 is 0.951 bits per heavy atom. The van der Waals surface area contributed by atoms with Gasteiger partial charge in [0.05, 0.1) is 16.9 Å². The number of fused-ring (bicyclic) bond motifs is 8. The molecule has 8 aromatic rings. The lowest BCUT2D eigenvalue weighted by Gasteiger charge is -2.55. The standard InChI is InChI=1S/C78H86BN3/c1-71(2,3)48-26-32-52(33-27-48)80(53-34-28-49(29-35-53)72(4,5)6)54-44-63-67-64(45-54)82-70-60(76(16)40-22-23-41-77(76,82)17)46-59(75(13,14)15)66-69(70)79(67)68-62(39-37-56-55-36-30-51(74(10,11)12)43-58(55)78(66,18)65(56)68)81(63)61-38-31-50(73(7,8)9)42-57(61)47-24-20-19-21-25-47/h19-21,24-39,42-46H,22-23,40-41H2,1-18H3. The first-order valence-electron chi connectivity index (χ1n) is 31.0. The number of hydrogen-bond acceptors (Lipinski definition) is 3. The molecular weight excluding hydrogens is 990 g/mol. The van der Waals surface area contributed by atoms with E-state index in [1.165, 1.54) is 126 Å². The third-order valence-corrected chi connectivity index (χ3v) is 21.3. The first-order valence-corrected chi connectivity index (χ1v) is 31.0. The Hall–Kier alpha value is -6.78. The third kappa shape index (κ3) is 7.21. The molecule has 4 aliphatic heterocycles. The van der Waals surface area contributed by atoms with E-state index in [0.29, 0.717) is 0 Å². The molecule has 416 valence electrons. The molecule has 8 aromatic carbocycles. The Morgan fingerprint density at radius 1 is 0.415 bits per heavy atom. The van der Waals surface area contributed by atoms with Crippen LogP contribution in [-0.4, -0.2) is 12.3 Å². The second-order valence-corrected chi connectivity index (χ2v) is 31.5. The van der Waals surface area contributed by atoms with Crippen LogP contribution in [0.15, 0.2) is 146 Å². The number of anilines is 8. The molecule has 0 amide bonds. The monoisotopic (exact) mass is 1080 g/mol. The summed E-state index contributed by atoms with van der Waals surface area (Å²) in [4.78, 5) is 8.34. The van der Waals surface area contributed by atoms with E-state index in [9.17, 15) is 0 Å². The van der Waals surface area contributed by atoms with Crippen LogP contribution in [-0.2, 0) is 37.9 Å². The Kier molecular flexibility index (Phi) is 11.0. The van der Waals surface area contributed by atoms with Gasteiger partial charge in [0.1, 0.15) is 0 Å². The third-order valence-electron chi connectivity index (χ3n) is 21.3. The van der Waals surface area contributed by atoms with Crippen LogP contribution in [0.2, 0.25) is 0 Å². The molecule has 0 radical (unpaired) electrons. The fourth-order valence-electron chi connectivity index (χ4n) is 16.5. The quantitative estimate of drug-likeness (QED) is 0.159. The van der Waals surface area contributed by atoms with Crippen LogP contribution in [0.4, 0.5) is 45.5 Å². The molecule has 3 nitrogen and oxygen atoms in total. The zero-order valence-corrected chi connectivity index (χ0v) is 52.6. The van der Waals surface area contributed by atoms with Gasteiger partial charge in [0, 0.05) is 50.5 Å². The van der Waals surface area contributed by atoms with E-state index in [1.807, 2.05) is 0 Å². The second kappa shape index (κ2) is 17.0. The summed E-state index contributed by atoms with van der Waals surface area (Å²) in [5.41, 5.74) is 32.1. The van der Waals surface area contributed by atoms with Crippen LogP contribution in [0.25, 0.3) is 22.3 Å². The fraction of sp³-hybridized carbons (Fsp3) is 0.385. The molecular formula is C78H86BN3. The average Bonchev–Trinajstić information content (AvgIpc) is 1.51. The lowest BCUT2D eigenvalue weighted by molar-refractivity contribution is 0.195. The van der Waals surface area contributed by atoms with Crippen molar-refractivity contribution in [3.8, 4) is 22.3 Å². The Balaban J connectivity index is 1.17. The summed E-state index contributed by atoms with van der Waals surface area (Å²) in [5.74, 6) is 0. The molecule has 4 heterocycles. The summed E-state index contributed by atoms with van der Waals surface area (Å²) in [7, 11) is 0. The maximum Gasteiger partial charge on any atom is 0.253 e. The minimum Gasteiger partial charge on any atom is -0.335 e. The van der Waals surface area contributed by atoms with Gasteiger partial charge in [-0.05, 0) is 192 Å². The van der Waals surface area contributed by atoms with Crippen LogP contribution in [0, 0.1) is 0 Å². The number of benzene rings is 8. The van der Waals surface area contributed by atoms with Crippen LogP contribution in [0.5, 0.6) is 0 Å². The zero-order valence-electron chi connectivity index (χ0n) is 52.6. The van der Waals surface area contributed by atoms with Gasteiger partial charge in [-0.2, -0.15) is 0 Å². The lowest BCUT2D eigenvalue weighted by Crippen LogP contribution is -2.69. The molecule has 0 aromatic heterocycles. The van der Waals surface area contributed by atoms with Crippen molar-refractivity contribution in [3.63, 3.8) is 0 Å². The predicted molar refractivity (Wildman–Crippen MR) is 353 cm³/mol. The maximum atomic E-state index is 3.00. The van der Waals surface area contributed by atoms with Crippen LogP contribution in [0.3, 0.4) is 0 Å². The Bertz CT molecular complexity index is 3940. The highest BCUT2D eigenvalue weighted by Gasteiger charge is 2.65. The van der Waals surface area contributed by atoms with Crippen molar-refractivity contribution >= 4 is 68.6 Å². The molecule has 1 fully saturated rings. The van der Waals surface area contributed by atoms with Gasteiger partial charge in [-0.15, -0.1) is 0 Å².